The van der Waals surface area contributed by atoms with Crippen LogP contribution in [0.3, 0.4) is 0 Å². The maximum atomic E-state index is 6.45. The molecule has 1 fully saturated rings. The number of ether oxygens (including phenoxy) is 4. The highest BCUT2D eigenvalue weighted by atomic mass is 16.6. The van der Waals surface area contributed by atoms with E-state index in [1.54, 1.807) is 7.11 Å². The average molecular weight is 433 g/mol. The van der Waals surface area contributed by atoms with Crippen molar-refractivity contribution in [3.8, 4) is 0 Å². The summed E-state index contributed by atoms with van der Waals surface area (Å²) in [6, 6.07) is 30.8. The van der Waals surface area contributed by atoms with Gasteiger partial charge in [-0.1, -0.05) is 91.0 Å². The van der Waals surface area contributed by atoms with Crippen molar-refractivity contribution in [1.29, 1.82) is 0 Å². The Bertz CT molecular complexity index is 900. The zero-order valence-corrected chi connectivity index (χ0v) is 18.6. The Morgan fingerprint density at radius 1 is 0.625 bits per heavy atom. The van der Waals surface area contributed by atoms with E-state index >= 15 is 0 Å². The molecule has 0 aromatic heterocycles. The molecule has 4 atom stereocenters. The fraction of sp³-hybridized carbons (Fsp3) is 0.357. The van der Waals surface area contributed by atoms with Crippen LogP contribution in [-0.2, 0) is 38.8 Å². The molecule has 0 bridgehead atoms. The molecule has 1 aliphatic rings. The number of methoxy groups -OCH3 is 1. The number of benzene rings is 3. The first-order valence-corrected chi connectivity index (χ1v) is 11.3. The molecule has 0 N–H and O–H groups in total. The first-order valence-electron chi connectivity index (χ1n) is 11.3. The lowest BCUT2D eigenvalue weighted by atomic mass is 10.1. The third-order valence-electron chi connectivity index (χ3n) is 6.01. The van der Waals surface area contributed by atoms with Crippen molar-refractivity contribution >= 4 is 0 Å². The van der Waals surface area contributed by atoms with E-state index in [1.165, 1.54) is 5.56 Å². The Kier molecular flexibility index (Phi) is 8.46. The van der Waals surface area contributed by atoms with Crippen LogP contribution >= 0.6 is 0 Å². The van der Waals surface area contributed by atoms with Crippen LogP contribution in [0.1, 0.15) is 23.1 Å². The van der Waals surface area contributed by atoms with Crippen LogP contribution in [0, 0.1) is 5.92 Å². The van der Waals surface area contributed by atoms with Crippen LogP contribution in [0.25, 0.3) is 0 Å². The molecular weight excluding hydrogens is 400 g/mol. The van der Waals surface area contributed by atoms with Crippen molar-refractivity contribution in [3.63, 3.8) is 0 Å². The standard InChI is InChI=1S/C28H32O4/c1-29-26-17-25(21-30-18-22-11-5-2-6-12-22)27(31-19-23-13-7-3-8-14-23)28(26)32-20-24-15-9-4-10-16-24/h2-16,25-28H,17-21H2,1H3/t25-,26+,27-,28-/m1/s1. The highest BCUT2D eigenvalue weighted by Gasteiger charge is 2.45. The summed E-state index contributed by atoms with van der Waals surface area (Å²) in [5.74, 6) is 0.202. The van der Waals surface area contributed by atoms with Gasteiger partial charge in [-0.05, 0) is 23.1 Å². The molecule has 3 aromatic carbocycles. The smallest absolute Gasteiger partial charge is 0.111 e. The molecule has 0 spiro atoms. The lowest BCUT2D eigenvalue weighted by molar-refractivity contribution is -0.122. The Balaban J connectivity index is 1.42. The summed E-state index contributed by atoms with van der Waals surface area (Å²) in [6.45, 7) is 2.28. The van der Waals surface area contributed by atoms with Crippen molar-refractivity contribution < 1.29 is 18.9 Å². The first kappa shape index (κ1) is 22.7. The number of rotatable bonds is 11. The van der Waals surface area contributed by atoms with Gasteiger partial charge < -0.3 is 18.9 Å². The Labute approximate surface area is 191 Å². The van der Waals surface area contributed by atoms with E-state index in [1.807, 2.05) is 54.6 Å². The van der Waals surface area contributed by atoms with Gasteiger partial charge in [0, 0.05) is 13.0 Å². The average Bonchev–Trinajstić information content (AvgIpc) is 3.19. The molecule has 0 amide bonds. The third kappa shape index (κ3) is 6.27. The van der Waals surface area contributed by atoms with Crippen molar-refractivity contribution in [2.45, 2.75) is 44.6 Å². The second-order valence-electron chi connectivity index (χ2n) is 8.29. The summed E-state index contributed by atoms with van der Waals surface area (Å²) >= 11 is 0. The summed E-state index contributed by atoms with van der Waals surface area (Å²) in [6.07, 6.45) is 0.586. The number of hydrogen-bond acceptors (Lipinski definition) is 4. The van der Waals surface area contributed by atoms with Crippen LogP contribution in [0.5, 0.6) is 0 Å². The molecule has 0 aliphatic heterocycles. The minimum absolute atomic E-state index is 0.0233. The van der Waals surface area contributed by atoms with E-state index in [9.17, 15) is 0 Å². The fourth-order valence-corrected chi connectivity index (χ4v) is 4.31. The fourth-order valence-electron chi connectivity index (χ4n) is 4.31. The van der Waals surface area contributed by atoms with Crippen LogP contribution in [-0.4, -0.2) is 32.0 Å². The van der Waals surface area contributed by atoms with Gasteiger partial charge >= 0.3 is 0 Å². The van der Waals surface area contributed by atoms with Crippen molar-refractivity contribution in [1.82, 2.24) is 0 Å². The monoisotopic (exact) mass is 432 g/mol. The molecule has 32 heavy (non-hydrogen) atoms. The lowest BCUT2D eigenvalue weighted by Gasteiger charge is -2.27. The Morgan fingerprint density at radius 3 is 1.59 bits per heavy atom. The Morgan fingerprint density at radius 2 is 1.09 bits per heavy atom. The molecule has 1 saturated carbocycles. The van der Waals surface area contributed by atoms with Crippen LogP contribution in [0.4, 0.5) is 0 Å². The maximum Gasteiger partial charge on any atom is 0.111 e. The zero-order valence-electron chi connectivity index (χ0n) is 18.6. The molecule has 0 heterocycles. The van der Waals surface area contributed by atoms with Crippen LogP contribution < -0.4 is 0 Å². The largest absolute Gasteiger partial charge is 0.379 e. The summed E-state index contributed by atoms with van der Waals surface area (Å²) in [5.41, 5.74) is 3.47. The highest BCUT2D eigenvalue weighted by Crippen LogP contribution is 2.35. The van der Waals surface area contributed by atoms with Gasteiger partial charge in [-0.25, -0.2) is 0 Å². The zero-order chi connectivity index (χ0) is 22.0. The second kappa shape index (κ2) is 11.9. The molecule has 168 valence electrons. The molecule has 4 heteroatoms. The minimum Gasteiger partial charge on any atom is -0.379 e. The van der Waals surface area contributed by atoms with Gasteiger partial charge in [0.05, 0.1) is 38.6 Å². The topological polar surface area (TPSA) is 36.9 Å². The summed E-state index contributed by atoms with van der Waals surface area (Å²) in [7, 11) is 1.75. The summed E-state index contributed by atoms with van der Waals surface area (Å²) in [4.78, 5) is 0. The summed E-state index contributed by atoms with van der Waals surface area (Å²) < 4.78 is 24.8. The Hall–Kier alpha value is -2.50. The summed E-state index contributed by atoms with van der Waals surface area (Å²) in [5, 5.41) is 0. The van der Waals surface area contributed by atoms with Crippen molar-refractivity contribution in [2.24, 2.45) is 5.92 Å². The van der Waals surface area contributed by atoms with Crippen LogP contribution in [0.2, 0.25) is 0 Å². The maximum absolute atomic E-state index is 6.45. The van der Waals surface area contributed by atoms with Gasteiger partial charge in [0.15, 0.2) is 0 Å². The highest BCUT2D eigenvalue weighted by molar-refractivity contribution is 5.15. The van der Waals surface area contributed by atoms with E-state index in [4.69, 9.17) is 18.9 Å². The molecule has 1 aliphatic carbocycles. The molecular formula is C28H32O4. The van der Waals surface area contributed by atoms with Crippen LogP contribution in [0.15, 0.2) is 91.0 Å². The van der Waals surface area contributed by atoms with Gasteiger partial charge in [0.1, 0.15) is 6.10 Å². The van der Waals surface area contributed by atoms with Gasteiger partial charge in [-0.2, -0.15) is 0 Å². The van der Waals surface area contributed by atoms with E-state index in [2.05, 4.69) is 36.4 Å². The van der Waals surface area contributed by atoms with E-state index in [0.717, 1.165) is 17.5 Å². The van der Waals surface area contributed by atoms with Gasteiger partial charge in [-0.15, -0.1) is 0 Å². The van der Waals surface area contributed by atoms with E-state index in [0.29, 0.717) is 26.4 Å². The molecule has 4 nitrogen and oxygen atoms in total. The van der Waals surface area contributed by atoms with E-state index < -0.39 is 0 Å². The van der Waals surface area contributed by atoms with E-state index in [-0.39, 0.29) is 24.2 Å². The molecule has 4 rings (SSSR count). The second-order valence-corrected chi connectivity index (χ2v) is 8.29. The quantitative estimate of drug-likeness (QED) is 0.406. The predicted octanol–water partition coefficient (Wildman–Crippen LogP) is 5.41. The van der Waals surface area contributed by atoms with Gasteiger partial charge in [0.2, 0.25) is 0 Å². The third-order valence-corrected chi connectivity index (χ3v) is 6.01. The normalized spacial score (nSPS) is 22.8. The SMILES string of the molecule is CO[C@H]1C[C@H](COCc2ccccc2)[C@@H](OCc2ccccc2)[C@@H]1OCc1ccccc1. The predicted molar refractivity (Wildman–Crippen MR) is 125 cm³/mol. The molecule has 0 saturated heterocycles. The van der Waals surface area contributed by atoms with Gasteiger partial charge in [0.25, 0.3) is 0 Å². The minimum atomic E-state index is -0.144. The molecule has 0 unspecified atom stereocenters. The van der Waals surface area contributed by atoms with Crippen molar-refractivity contribution in [2.75, 3.05) is 13.7 Å². The van der Waals surface area contributed by atoms with Gasteiger partial charge in [-0.3, -0.25) is 0 Å². The molecule has 3 aromatic rings. The number of hydrogen-bond donors (Lipinski definition) is 0. The molecule has 0 radical (unpaired) electrons. The van der Waals surface area contributed by atoms with Crippen molar-refractivity contribution in [3.05, 3.63) is 108 Å². The lowest BCUT2D eigenvalue weighted by Crippen LogP contribution is -2.37. The first-order chi connectivity index (χ1) is 15.8.